The summed E-state index contributed by atoms with van der Waals surface area (Å²) in [5, 5.41) is 0. The number of nitrogens with two attached hydrogens (primary N) is 1. The Morgan fingerprint density at radius 2 is 1.90 bits per heavy atom. The highest BCUT2D eigenvalue weighted by atomic mass is 32.1. The first-order valence-corrected chi connectivity index (χ1v) is 6.85. The Kier molecular flexibility index (Phi) is 4.75. The maximum Gasteiger partial charge on any atom is 0.123 e. The van der Waals surface area contributed by atoms with Crippen molar-refractivity contribution >= 4 is 22.9 Å². The molecule has 0 bridgehead atoms. The molecule has 5 heteroatoms. The standard InChI is InChI=1S/C16H17FN2OS/c1-19(13-4-6-14(20-2)7-5-13)10-11-9-12(17)3-8-15(11)16(18)21/h3-9H,10H2,1-2H3,(H2,18,21). The van der Waals surface area contributed by atoms with Crippen molar-refractivity contribution in [1.82, 2.24) is 0 Å². The highest BCUT2D eigenvalue weighted by molar-refractivity contribution is 7.80. The molecule has 0 saturated carbocycles. The van der Waals surface area contributed by atoms with Gasteiger partial charge in [-0.2, -0.15) is 0 Å². The average Bonchev–Trinajstić information content (AvgIpc) is 2.47. The van der Waals surface area contributed by atoms with Crippen molar-refractivity contribution in [3.05, 3.63) is 59.4 Å². The fourth-order valence-electron chi connectivity index (χ4n) is 2.12. The number of hydrogen-bond acceptors (Lipinski definition) is 3. The predicted octanol–water partition coefficient (Wildman–Crippen LogP) is 3.10. The van der Waals surface area contributed by atoms with Gasteiger partial charge >= 0.3 is 0 Å². The summed E-state index contributed by atoms with van der Waals surface area (Å²) in [6, 6.07) is 12.1. The monoisotopic (exact) mass is 304 g/mol. The Balaban J connectivity index is 2.24. The van der Waals surface area contributed by atoms with Crippen LogP contribution in [0.1, 0.15) is 11.1 Å². The van der Waals surface area contributed by atoms with E-state index in [1.165, 1.54) is 12.1 Å². The number of anilines is 1. The van der Waals surface area contributed by atoms with E-state index in [1.54, 1.807) is 13.2 Å². The normalized spacial score (nSPS) is 10.2. The van der Waals surface area contributed by atoms with Crippen LogP contribution in [0.15, 0.2) is 42.5 Å². The molecule has 0 aliphatic heterocycles. The first-order chi connectivity index (χ1) is 10.0. The van der Waals surface area contributed by atoms with Crippen LogP contribution >= 0.6 is 12.2 Å². The number of benzene rings is 2. The predicted molar refractivity (Wildman–Crippen MR) is 87.4 cm³/mol. The minimum atomic E-state index is -0.298. The number of nitrogens with zero attached hydrogens (tertiary/aromatic N) is 1. The molecule has 0 spiro atoms. The summed E-state index contributed by atoms with van der Waals surface area (Å²) in [7, 11) is 3.55. The summed E-state index contributed by atoms with van der Waals surface area (Å²) >= 11 is 5.02. The number of rotatable bonds is 5. The Morgan fingerprint density at radius 3 is 2.48 bits per heavy atom. The SMILES string of the molecule is COc1ccc(N(C)Cc2cc(F)ccc2C(N)=S)cc1. The zero-order valence-corrected chi connectivity index (χ0v) is 12.8. The van der Waals surface area contributed by atoms with Crippen LogP contribution in [0.2, 0.25) is 0 Å². The van der Waals surface area contributed by atoms with Crippen molar-refractivity contribution in [2.75, 3.05) is 19.1 Å². The van der Waals surface area contributed by atoms with E-state index in [-0.39, 0.29) is 10.8 Å². The molecule has 21 heavy (non-hydrogen) atoms. The van der Waals surface area contributed by atoms with Crippen molar-refractivity contribution in [2.24, 2.45) is 5.73 Å². The van der Waals surface area contributed by atoms with E-state index in [2.05, 4.69) is 0 Å². The molecule has 0 heterocycles. The number of halogens is 1. The zero-order valence-electron chi connectivity index (χ0n) is 12.0. The third-order valence-electron chi connectivity index (χ3n) is 3.25. The highest BCUT2D eigenvalue weighted by Crippen LogP contribution is 2.21. The Bertz CT molecular complexity index is 643. The van der Waals surface area contributed by atoms with Gasteiger partial charge in [0.2, 0.25) is 0 Å². The van der Waals surface area contributed by atoms with Crippen LogP contribution in [-0.2, 0) is 6.54 Å². The molecule has 2 rings (SSSR count). The maximum atomic E-state index is 13.4. The minimum Gasteiger partial charge on any atom is -0.497 e. The van der Waals surface area contributed by atoms with Crippen LogP contribution in [0.5, 0.6) is 5.75 Å². The third-order valence-corrected chi connectivity index (χ3v) is 3.47. The zero-order chi connectivity index (χ0) is 15.4. The van der Waals surface area contributed by atoms with Crippen molar-refractivity contribution in [3.8, 4) is 5.75 Å². The molecule has 0 aromatic heterocycles. The van der Waals surface area contributed by atoms with Crippen LogP contribution in [0.4, 0.5) is 10.1 Å². The molecule has 2 aromatic carbocycles. The first-order valence-electron chi connectivity index (χ1n) is 6.44. The van der Waals surface area contributed by atoms with E-state index < -0.39 is 0 Å². The van der Waals surface area contributed by atoms with Gasteiger partial charge in [-0.1, -0.05) is 12.2 Å². The highest BCUT2D eigenvalue weighted by Gasteiger charge is 2.10. The minimum absolute atomic E-state index is 0.271. The maximum absolute atomic E-state index is 13.4. The van der Waals surface area contributed by atoms with Crippen molar-refractivity contribution in [2.45, 2.75) is 6.54 Å². The largest absolute Gasteiger partial charge is 0.497 e. The molecular weight excluding hydrogens is 287 g/mol. The molecule has 110 valence electrons. The molecule has 3 nitrogen and oxygen atoms in total. The molecular formula is C16H17FN2OS. The summed E-state index contributed by atoms with van der Waals surface area (Å²) in [4.78, 5) is 2.27. The lowest BCUT2D eigenvalue weighted by Crippen LogP contribution is -2.20. The fourth-order valence-corrected chi connectivity index (χ4v) is 2.32. The van der Waals surface area contributed by atoms with Gasteiger partial charge < -0.3 is 15.4 Å². The molecule has 0 amide bonds. The number of thiocarbonyl (C=S) groups is 1. The fraction of sp³-hybridized carbons (Fsp3) is 0.188. The first kappa shape index (κ1) is 15.3. The van der Waals surface area contributed by atoms with E-state index in [1.807, 2.05) is 36.2 Å². The van der Waals surface area contributed by atoms with Gasteiger partial charge in [-0.15, -0.1) is 0 Å². The molecule has 0 fully saturated rings. The van der Waals surface area contributed by atoms with Crippen LogP contribution in [-0.4, -0.2) is 19.1 Å². The van der Waals surface area contributed by atoms with Gasteiger partial charge in [0.05, 0.1) is 7.11 Å². The molecule has 2 N–H and O–H groups in total. The van der Waals surface area contributed by atoms with Gasteiger partial charge in [0.25, 0.3) is 0 Å². The number of hydrogen-bond donors (Lipinski definition) is 1. The van der Waals surface area contributed by atoms with Gasteiger partial charge in [0, 0.05) is 24.8 Å². The van der Waals surface area contributed by atoms with Crippen LogP contribution < -0.4 is 15.4 Å². The van der Waals surface area contributed by atoms with Gasteiger partial charge in [0.1, 0.15) is 16.6 Å². The summed E-state index contributed by atoms with van der Waals surface area (Å²) in [6.45, 7) is 0.511. The van der Waals surface area contributed by atoms with E-state index in [0.29, 0.717) is 12.1 Å². The van der Waals surface area contributed by atoms with E-state index in [4.69, 9.17) is 22.7 Å². The molecule has 0 radical (unpaired) electrons. The number of ether oxygens (including phenoxy) is 1. The third kappa shape index (κ3) is 3.70. The van der Waals surface area contributed by atoms with Crippen molar-refractivity contribution < 1.29 is 9.13 Å². The second-order valence-electron chi connectivity index (χ2n) is 4.72. The molecule has 0 aliphatic rings. The van der Waals surface area contributed by atoms with Crippen LogP contribution in [0.25, 0.3) is 0 Å². The topological polar surface area (TPSA) is 38.5 Å². The van der Waals surface area contributed by atoms with Gasteiger partial charge in [-0.25, -0.2) is 4.39 Å². The quantitative estimate of drug-likeness (QED) is 0.862. The Morgan fingerprint density at radius 1 is 1.24 bits per heavy atom. The lowest BCUT2D eigenvalue weighted by molar-refractivity contribution is 0.415. The van der Waals surface area contributed by atoms with Crippen molar-refractivity contribution in [1.29, 1.82) is 0 Å². The van der Waals surface area contributed by atoms with Crippen LogP contribution in [0.3, 0.4) is 0 Å². The second-order valence-corrected chi connectivity index (χ2v) is 5.16. The lowest BCUT2D eigenvalue weighted by atomic mass is 10.1. The van der Waals surface area contributed by atoms with E-state index in [9.17, 15) is 4.39 Å². The Hall–Kier alpha value is -2.14. The molecule has 0 saturated heterocycles. The smallest absolute Gasteiger partial charge is 0.123 e. The molecule has 0 aliphatic carbocycles. The summed E-state index contributed by atoms with van der Waals surface area (Å²) in [5.74, 6) is 0.495. The number of methoxy groups -OCH3 is 1. The van der Waals surface area contributed by atoms with Crippen molar-refractivity contribution in [3.63, 3.8) is 0 Å². The summed E-state index contributed by atoms with van der Waals surface area (Å²) in [6.07, 6.45) is 0. The summed E-state index contributed by atoms with van der Waals surface area (Å²) < 4.78 is 18.6. The van der Waals surface area contributed by atoms with E-state index in [0.717, 1.165) is 17.0 Å². The molecule has 0 atom stereocenters. The summed E-state index contributed by atoms with van der Waals surface area (Å²) in [5.41, 5.74) is 8.15. The molecule has 0 unspecified atom stereocenters. The van der Waals surface area contributed by atoms with Gasteiger partial charge in [-0.3, -0.25) is 0 Å². The second kappa shape index (κ2) is 6.54. The van der Waals surface area contributed by atoms with Gasteiger partial charge in [-0.05, 0) is 48.0 Å². The van der Waals surface area contributed by atoms with Crippen LogP contribution in [0, 0.1) is 5.82 Å². The van der Waals surface area contributed by atoms with E-state index >= 15 is 0 Å². The van der Waals surface area contributed by atoms with Gasteiger partial charge in [0.15, 0.2) is 0 Å². The lowest BCUT2D eigenvalue weighted by Gasteiger charge is -2.21. The molecule has 2 aromatic rings. The average molecular weight is 304 g/mol. The Labute approximate surface area is 129 Å².